The van der Waals surface area contributed by atoms with Crippen molar-refractivity contribution < 1.29 is 18.7 Å². The molecule has 7 heteroatoms. The largest absolute Gasteiger partial charge is 0.494 e. The Balaban J connectivity index is 1.54. The van der Waals surface area contributed by atoms with Crippen LogP contribution < -0.4 is 15.6 Å². The van der Waals surface area contributed by atoms with E-state index in [1.54, 1.807) is 6.07 Å². The third-order valence-corrected chi connectivity index (χ3v) is 5.69. The fourth-order valence-corrected chi connectivity index (χ4v) is 4.10. The zero-order valence-electron chi connectivity index (χ0n) is 15.2. The quantitative estimate of drug-likeness (QED) is 0.622. The van der Waals surface area contributed by atoms with Crippen LogP contribution in [0.2, 0.25) is 0 Å². The predicted octanol–water partition coefficient (Wildman–Crippen LogP) is 3.50. The number of rotatable bonds is 4. The fourth-order valence-electron chi connectivity index (χ4n) is 3.00. The summed E-state index contributed by atoms with van der Waals surface area (Å²) in [5, 5.41) is 0. The Morgan fingerprint density at radius 3 is 2.85 bits per heavy atom. The number of aryl methyl sites for hydroxylation is 1. The highest BCUT2D eigenvalue weighted by Crippen LogP contribution is 2.32. The van der Waals surface area contributed by atoms with Gasteiger partial charge in [-0.15, -0.1) is 11.3 Å². The van der Waals surface area contributed by atoms with Crippen LogP contribution in [0.3, 0.4) is 0 Å². The molecule has 1 aromatic carbocycles. The topological polar surface area (TPSA) is 67.4 Å². The van der Waals surface area contributed by atoms with Gasteiger partial charge in [-0.3, -0.25) is 20.4 Å². The molecular weight excluding hydrogens is 367 g/mol. The number of amides is 2. The van der Waals surface area contributed by atoms with Crippen LogP contribution in [-0.2, 0) is 17.6 Å². The summed E-state index contributed by atoms with van der Waals surface area (Å²) in [7, 11) is 1.38. The third-order valence-electron chi connectivity index (χ3n) is 4.46. The Labute approximate surface area is 161 Å². The normalized spacial score (nSPS) is 16.0. The maximum absolute atomic E-state index is 13.6. The lowest BCUT2D eigenvalue weighted by Gasteiger charge is -2.16. The highest BCUT2D eigenvalue weighted by atomic mass is 32.1. The van der Waals surface area contributed by atoms with E-state index in [1.165, 1.54) is 53.2 Å². The number of carbonyl (C=O) groups excluding carboxylic acids is 2. The molecule has 2 aromatic rings. The van der Waals surface area contributed by atoms with Crippen LogP contribution in [0.25, 0.3) is 6.08 Å². The van der Waals surface area contributed by atoms with Gasteiger partial charge in [-0.25, -0.2) is 4.39 Å². The molecule has 0 radical (unpaired) electrons. The van der Waals surface area contributed by atoms with Crippen LogP contribution in [0.1, 0.15) is 39.0 Å². The van der Waals surface area contributed by atoms with Gasteiger partial charge < -0.3 is 4.74 Å². The third kappa shape index (κ3) is 4.74. The van der Waals surface area contributed by atoms with E-state index in [4.69, 9.17) is 4.74 Å². The van der Waals surface area contributed by atoms with Gasteiger partial charge in [0, 0.05) is 11.0 Å². The van der Waals surface area contributed by atoms with Crippen LogP contribution in [0.5, 0.6) is 5.75 Å². The van der Waals surface area contributed by atoms with Crippen LogP contribution >= 0.6 is 11.3 Å². The molecule has 2 amide bonds. The van der Waals surface area contributed by atoms with Gasteiger partial charge in [-0.2, -0.15) is 0 Å². The molecule has 1 aliphatic carbocycles. The van der Waals surface area contributed by atoms with Crippen LogP contribution in [0, 0.1) is 11.7 Å². The molecule has 0 saturated carbocycles. The number of thiophene rings is 1. The zero-order valence-corrected chi connectivity index (χ0v) is 16.0. The molecule has 1 heterocycles. The second-order valence-corrected chi connectivity index (χ2v) is 7.71. The van der Waals surface area contributed by atoms with Gasteiger partial charge in [0.25, 0.3) is 11.8 Å². The van der Waals surface area contributed by atoms with E-state index in [0.717, 1.165) is 19.3 Å². The summed E-state index contributed by atoms with van der Waals surface area (Å²) in [6.45, 7) is 2.21. The van der Waals surface area contributed by atoms with Gasteiger partial charge in [0.2, 0.25) is 0 Å². The lowest BCUT2D eigenvalue weighted by molar-refractivity contribution is -0.117. The Bertz CT molecular complexity index is 891. The minimum Gasteiger partial charge on any atom is -0.494 e. The van der Waals surface area contributed by atoms with Crippen molar-refractivity contribution in [3.8, 4) is 5.75 Å². The molecule has 2 N–H and O–H groups in total. The summed E-state index contributed by atoms with van der Waals surface area (Å²) < 4.78 is 18.5. The fraction of sp³-hybridized carbons (Fsp3) is 0.300. The van der Waals surface area contributed by atoms with E-state index in [9.17, 15) is 14.0 Å². The molecular formula is C20H21FN2O3S. The van der Waals surface area contributed by atoms with Crippen molar-refractivity contribution in [1.29, 1.82) is 0 Å². The summed E-state index contributed by atoms with van der Waals surface area (Å²) in [6.07, 6.45) is 5.81. The molecule has 0 bridgehead atoms. The molecule has 5 nitrogen and oxygen atoms in total. The van der Waals surface area contributed by atoms with Crippen molar-refractivity contribution in [2.45, 2.75) is 26.2 Å². The van der Waals surface area contributed by atoms with Crippen LogP contribution in [0.4, 0.5) is 4.39 Å². The van der Waals surface area contributed by atoms with Gasteiger partial charge in [-0.05, 0) is 60.6 Å². The number of carbonyl (C=O) groups is 2. The minimum atomic E-state index is -0.510. The highest BCUT2D eigenvalue weighted by molar-refractivity contribution is 7.14. The smallest absolute Gasteiger partial charge is 0.279 e. The molecule has 1 aliphatic rings. The number of hydrazine groups is 1. The van der Waals surface area contributed by atoms with E-state index in [-0.39, 0.29) is 11.7 Å². The van der Waals surface area contributed by atoms with Crippen LogP contribution in [0.15, 0.2) is 30.3 Å². The number of nitrogens with one attached hydrogen (secondary N) is 2. The second kappa shape index (κ2) is 8.35. The summed E-state index contributed by atoms with van der Waals surface area (Å²) >= 11 is 1.48. The molecule has 1 aromatic heterocycles. The standard InChI is InChI=1S/C20H21FN2O3S/c1-12-3-7-17-14(9-12)11-18(27-17)20(25)23-22-19(24)8-5-13-4-6-16(26-2)15(21)10-13/h4-6,8,10-12H,3,7,9H2,1-2H3,(H,22,24)(H,23,25)/b8-5+/t12-/m1/s1. The molecule has 142 valence electrons. The van der Waals surface area contributed by atoms with E-state index in [2.05, 4.69) is 17.8 Å². The number of fused-ring (bicyclic) bond motifs is 1. The Kier molecular flexibility index (Phi) is 5.91. The van der Waals surface area contributed by atoms with Gasteiger partial charge in [0.1, 0.15) is 0 Å². The molecule has 1 atom stereocenters. The first-order valence-electron chi connectivity index (χ1n) is 8.69. The monoisotopic (exact) mass is 388 g/mol. The van der Waals surface area contributed by atoms with Gasteiger partial charge in [-0.1, -0.05) is 13.0 Å². The Morgan fingerprint density at radius 2 is 2.11 bits per heavy atom. The summed E-state index contributed by atoms with van der Waals surface area (Å²) in [6, 6.07) is 6.28. The number of halogens is 1. The number of hydrogen-bond donors (Lipinski definition) is 2. The first-order valence-corrected chi connectivity index (χ1v) is 9.51. The van der Waals surface area contributed by atoms with Crippen molar-refractivity contribution >= 4 is 29.2 Å². The van der Waals surface area contributed by atoms with E-state index in [1.807, 2.05) is 6.07 Å². The lowest BCUT2D eigenvalue weighted by Crippen LogP contribution is -2.40. The molecule has 0 fully saturated rings. The molecule has 0 aliphatic heterocycles. The van der Waals surface area contributed by atoms with Gasteiger partial charge in [0.15, 0.2) is 11.6 Å². The van der Waals surface area contributed by atoms with Crippen LogP contribution in [-0.4, -0.2) is 18.9 Å². The molecule has 0 unspecified atom stereocenters. The van der Waals surface area contributed by atoms with Crippen molar-refractivity contribution in [2.75, 3.05) is 7.11 Å². The number of hydrogen-bond acceptors (Lipinski definition) is 4. The van der Waals surface area contributed by atoms with Crippen molar-refractivity contribution in [1.82, 2.24) is 10.9 Å². The summed E-state index contributed by atoms with van der Waals surface area (Å²) in [5.74, 6) is -0.578. The second-order valence-electron chi connectivity index (χ2n) is 6.58. The van der Waals surface area contributed by atoms with Gasteiger partial charge >= 0.3 is 0 Å². The van der Waals surface area contributed by atoms with Crippen molar-refractivity contribution in [2.24, 2.45) is 5.92 Å². The lowest BCUT2D eigenvalue weighted by atomic mass is 9.90. The first kappa shape index (κ1) is 19.1. The minimum absolute atomic E-state index is 0.136. The predicted molar refractivity (Wildman–Crippen MR) is 103 cm³/mol. The maximum Gasteiger partial charge on any atom is 0.279 e. The average molecular weight is 388 g/mol. The van der Waals surface area contributed by atoms with Gasteiger partial charge in [0.05, 0.1) is 12.0 Å². The Morgan fingerprint density at radius 1 is 1.30 bits per heavy atom. The summed E-state index contributed by atoms with van der Waals surface area (Å²) in [4.78, 5) is 26.0. The maximum atomic E-state index is 13.6. The van der Waals surface area contributed by atoms with E-state index in [0.29, 0.717) is 16.4 Å². The molecule has 27 heavy (non-hydrogen) atoms. The SMILES string of the molecule is COc1ccc(/C=C/C(=O)NNC(=O)c2cc3c(s2)CC[C@@H](C)C3)cc1F. The summed E-state index contributed by atoms with van der Waals surface area (Å²) in [5.41, 5.74) is 6.49. The molecule has 0 spiro atoms. The zero-order chi connectivity index (χ0) is 19.4. The molecule has 0 saturated heterocycles. The van der Waals surface area contributed by atoms with Crippen molar-refractivity contribution in [3.63, 3.8) is 0 Å². The van der Waals surface area contributed by atoms with E-state index < -0.39 is 11.7 Å². The number of ether oxygens (including phenoxy) is 1. The average Bonchev–Trinajstić information content (AvgIpc) is 3.07. The van der Waals surface area contributed by atoms with Crippen molar-refractivity contribution in [3.05, 3.63) is 57.0 Å². The van der Waals surface area contributed by atoms with E-state index >= 15 is 0 Å². The number of methoxy groups -OCH3 is 1. The number of benzene rings is 1. The first-order chi connectivity index (χ1) is 13.0. The highest BCUT2D eigenvalue weighted by Gasteiger charge is 2.20. The molecule has 3 rings (SSSR count). The Hall–Kier alpha value is -2.67.